The Balaban J connectivity index is 1.89. The maximum Gasteiger partial charge on any atom is 0.136 e. The fourth-order valence-electron chi connectivity index (χ4n) is 2.61. The van der Waals surface area contributed by atoms with Crippen molar-refractivity contribution in [3.63, 3.8) is 0 Å². The predicted octanol–water partition coefficient (Wildman–Crippen LogP) is 5.51. The molecule has 0 amide bonds. The highest BCUT2D eigenvalue weighted by Crippen LogP contribution is 2.36. The van der Waals surface area contributed by atoms with Crippen LogP contribution in [0.1, 0.15) is 11.1 Å². The molecule has 0 fully saturated rings. The van der Waals surface area contributed by atoms with Gasteiger partial charge in [0.15, 0.2) is 0 Å². The Morgan fingerprint density at radius 2 is 1.63 bits per heavy atom. The third-order valence-corrected chi connectivity index (χ3v) is 4.94. The second-order valence-corrected chi connectivity index (χ2v) is 7.10. The van der Waals surface area contributed by atoms with E-state index in [-0.39, 0.29) is 11.3 Å². The summed E-state index contributed by atoms with van der Waals surface area (Å²) in [5.74, 6) is 0.226. The van der Waals surface area contributed by atoms with Gasteiger partial charge in [0.05, 0.1) is 0 Å². The molecular weight excluding hydrogens is 352 g/mol. The minimum atomic E-state index is 0.108. The van der Waals surface area contributed by atoms with Gasteiger partial charge in [0, 0.05) is 16.9 Å². The summed E-state index contributed by atoms with van der Waals surface area (Å²) in [7, 11) is 0. The fraction of sp³-hybridized carbons (Fsp3) is 0.0435. The zero-order valence-electron chi connectivity index (χ0n) is 14.5. The molecule has 4 heteroatoms. The van der Waals surface area contributed by atoms with E-state index in [0.29, 0.717) is 5.57 Å². The molecule has 2 aromatic carbocycles. The second kappa shape index (κ2) is 8.76. The van der Waals surface area contributed by atoms with Gasteiger partial charge in [-0.05, 0) is 46.4 Å². The molecule has 1 N–H and O–H groups in total. The Hall–Kier alpha value is -3.47. The number of thioether (sulfide) groups is 1. The normalized spacial score (nSPS) is 13.5. The molecule has 27 heavy (non-hydrogen) atoms. The standard InChI is InChI=1S/C23H16N2OS/c24-15-20(16-25)19-13-22(11-8-17-6-9-21(26)10-7-17)27-23(14-19)12-18-4-2-1-3-5-18/h1-11,13-14,26H,12H2/b11-8+. The first-order valence-corrected chi connectivity index (χ1v) is 9.15. The molecule has 1 heterocycles. The first-order valence-electron chi connectivity index (χ1n) is 8.33. The van der Waals surface area contributed by atoms with Gasteiger partial charge >= 0.3 is 0 Å². The maximum atomic E-state index is 9.38. The fourth-order valence-corrected chi connectivity index (χ4v) is 3.66. The van der Waals surface area contributed by atoms with Crippen LogP contribution >= 0.6 is 11.8 Å². The van der Waals surface area contributed by atoms with Crippen molar-refractivity contribution < 1.29 is 5.11 Å². The van der Waals surface area contributed by atoms with E-state index in [2.05, 4.69) is 12.1 Å². The average Bonchev–Trinajstić information content (AvgIpc) is 2.69. The van der Waals surface area contributed by atoms with Gasteiger partial charge in [-0.2, -0.15) is 10.5 Å². The van der Waals surface area contributed by atoms with Crippen molar-refractivity contribution >= 4 is 17.8 Å². The number of rotatable bonds is 4. The van der Waals surface area contributed by atoms with Crippen LogP contribution in [0.4, 0.5) is 0 Å². The quantitative estimate of drug-likeness (QED) is 0.723. The Morgan fingerprint density at radius 1 is 0.926 bits per heavy atom. The third kappa shape index (κ3) is 5.01. The van der Waals surface area contributed by atoms with Gasteiger partial charge < -0.3 is 5.11 Å². The lowest BCUT2D eigenvalue weighted by Gasteiger charge is -2.14. The van der Waals surface area contributed by atoms with Gasteiger partial charge in [0.1, 0.15) is 23.5 Å². The Kier molecular flexibility index (Phi) is 5.94. The molecule has 0 radical (unpaired) electrons. The van der Waals surface area contributed by atoms with Crippen LogP contribution in [0.25, 0.3) is 6.08 Å². The van der Waals surface area contributed by atoms with Gasteiger partial charge in [-0.25, -0.2) is 0 Å². The van der Waals surface area contributed by atoms with Gasteiger partial charge in [0.25, 0.3) is 0 Å². The number of nitrogens with zero attached hydrogens (tertiary/aromatic N) is 2. The molecule has 0 bridgehead atoms. The monoisotopic (exact) mass is 368 g/mol. The summed E-state index contributed by atoms with van der Waals surface area (Å²) in [6.45, 7) is 0. The molecule has 0 unspecified atom stereocenters. The minimum Gasteiger partial charge on any atom is -0.508 e. The second-order valence-electron chi connectivity index (χ2n) is 5.90. The number of allylic oxidation sites excluding steroid dienone is 6. The van der Waals surface area contributed by atoms with E-state index in [1.165, 1.54) is 5.56 Å². The summed E-state index contributed by atoms with van der Waals surface area (Å²) < 4.78 is 0. The molecule has 130 valence electrons. The highest BCUT2D eigenvalue weighted by molar-refractivity contribution is 8.07. The van der Waals surface area contributed by atoms with Crippen molar-refractivity contribution in [1.82, 2.24) is 0 Å². The van der Waals surface area contributed by atoms with Crippen molar-refractivity contribution in [3.05, 3.63) is 105 Å². The Labute approximate surface area is 162 Å². The van der Waals surface area contributed by atoms with E-state index in [0.717, 1.165) is 21.8 Å². The summed E-state index contributed by atoms with van der Waals surface area (Å²) in [5, 5.41) is 27.9. The molecule has 0 spiro atoms. The predicted molar refractivity (Wildman–Crippen MR) is 109 cm³/mol. The number of benzene rings is 2. The summed E-state index contributed by atoms with van der Waals surface area (Å²) in [6, 6.07) is 21.0. The van der Waals surface area contributed by atoms with Crippen LogP contribution in [0.3, 0.4) is 0 Å². The zero-order valence-corrected chi connectivity index (χ0v) is 15.3. The van der Waals surface area contributed by atoms with Crippen LogP contribution < -0.4 is 0 Å². The van der Waals surface area contributed by atoms with Crippen molar-refractivity contribution in [3.8, 4) is 17.9 Å². The topological polar surface area (TPSA) is 67.8 Å². The van der Waals surface area contributed by atoms with E-state index >= 15 is 0 Å². The number of hydrogen-bond donors (Lipinski definition) is 1. The van der Waals surface area contributed by atoms with Crippen LogP contribution in [-0.2, 0) is 6.42 Å². The molecular formula is C23H16N2OS. The lowest BCUT2D eigenvalue weighted by Crippen LogP contribution is -1.95. The lowest BCUT2D eigenvalue weighted by atomic mass is 10.1. The van der Waals surface area contributed by atoms with Gasteiger partial charge in [-0.3, -0.25) is 0 Å². The summed E-state index contributed by atoms with van der Waals surface area (Å²) in [4.78, 5) is 2.03. The molecule has 0 aliphatic carbocycles. The van der Waals surface area contributed by atoms with Gasteiger partial charge in [-0.15, -0.1) is 0 Å². The zero-order chi connectivity index (χ0) is 19.1. The van der Waals surface area contributed by atoms with Crippen molar-refractivity contribution in [2.24, 2.45) is 0 Å². The third-order valence-electron chi connectivity index (χ3n) is 3.93. The summed E-state index contributed by atoms with van der Waals surface area (Å²) in [6.07, 6.45) is 8.42. The van der Waals surface area contributed by atoms with Crippen molar-refractivity contribution in [2.45, 2.75) is 6.42 Å². The molecule has 3 rings (SSSR count). The molecule has 0 aromatic heterocycles. The van der Waals surface area contributed by atoms with Crippen LogP contribution in [0, 0.1) is 22.7 Å². The molecule has 3 nitrogen and oxygen atoms in total. The largest absolute Gasteiger partial charge is 0.508 e. The number of phenols is 1. The Bertz CT molecular complexity index is 1010. The number of phenolic OH excluding ortho intramolecular Hbond substituents is 1. The van der Waals surface area contributed by atoms with Crippen LogP contribution in [-0.4, -0.2) is 5.11 Å². The molecule has 1 aliphatic rings. The van der Waals surface area contributed by atoms with E-state index in [1.54, 1.807) is 23.9 Å². The highest BCUT2D eigenvalue weighted by Gasteiger charge is 2.13. The molecule has 2 aromatic rings. The Morgan fingerprint density at radius 3 is 2.30 bits per heavy atom. The number of nitriles is 2. The van der Waals surface area contributed by atoms with Crippen molar-refractivity contribution in [1.29, 1.82) is 10.5 Å². The maximum absolute atomic E-state index is 9.38. The first kappa shape index (κ1) is 18.3. The smallest absolute Gasteiger partial charge is 0.136 e. The van der Waals surface area contributed by atoms with Gasteiger partial charge in [0.2, 0.25) is 0 Å². The molecule has 0 saturated heterocycles. The van der Waals surface area contributed by atoms with E-state index in [9.17, 15) is 15.6 Å². The van der Waals surface area contributed by atoms with Crippen molar-refractivity contribution in [2.75, 3.05) is 0 Å². The average molecular weight is 368 g/mol. The molecule has 1 aliphatic heterocycles. The number of hydrogen-bond acceptors (Lipinski definition) is 4. The van der Waals surface area contributed by atoms with Crippen LogP contribution in [0.15, 0.2) is 93.8 Å². The van der Waals surface area contributed by atoms with E-state index in [4.69, 9.17) is 0 Å². The lowest BCUT2D eigenvalue weighted by molar-refractivity contribution is 0.475. The number of aromatic hydroxyl groups is 1. The van der Waals surface area contributed by atoms with Gasteiger partial charge in [-0.1, -0.05) is 60.3 Å². The van der Waals surface area contributed by atoms with E-state index in [1.807, 2.05) is 66.8 Å². The summed E-state index contributed by atoms with van der Waals surface area (Å²) in [5.41, 5.74) is 2.88. The first-order chi connectivity index (χ1) is 13.2. The van der Waals surface area contributed by atoms with E-state index < -0.39 is 0 Å². The van der Waals surface area contributed by atoms with Crippen LogP contribution in [0.5, 0.6) is 5.75 Å². The SMILES string of the molecule is N#CC(C#N)=C1C=C(/C=C/c2ccc(O)cc2)SC(Cc2ccccc2)=C1. The van der Waals surface area contributed by atoms with Crippen LogP contribution in [0.2, 0.25) is 0 Å². The summed E-state index contributed by atoms with van der Waals surface area (Å²) >= 11 is 1.62. The molecule has 0 atom stereocenters. The highest BCUT2D eigenvalue weighted by atomic mass is 32.2. The minimum absolute atomic E-state index is 0.108. The molecule has 0 saturated carbocycles.